The van der Waals surface area contributed by atoms with Crippen molar-refractivity contribution >= 4 is 0 Å². The number of benzene rings is 1. The smallest absolute Gasteiger partial charge is 0.120 e. The van der Waals surface area contributed by atoms with Gasteiger partial charge < -0.3 is 10.4 Å². The second-order valence-electron chi connectivity index (χ2n) is 4.45. The molecule has 2 heteroatoms. The molecule has 0 radical (unpaired) electrons. The van der Waals surface area contributed by atoms with Gasteiger partial charge in [-0.25, -0.2) is 0 Å². The molecule has 0 spiro atoms. The maximum absolute atomic E-state index is 9.67. The standard InChI is InChI=1S/C14H23NO/c1-4-12(5-2)9-15-10-13-8-11(3)6-7-14(13)16/h6-8,12,15-16H,4-5,9-10H2,1-3H3. The van der Waals surface area contributed by atoms with Gasteiger partial charge in [0.1, 0.15) is 5.75 Å². The second kappa shape index (κ2) is 6.54. The van der Waals surface area contributed by atoms with Gasteiger partial charge in [-0.05, 0) is 25.5 Å². The number of hydrogen-bond donors (Lipinski definition) is 2. The monoisotopic (exact) mass is 221 g/mol. The van der Waals surface area contributed by atoms with Crippen LogP contribution in [-0.4, -0.2) is 11.7 Å². The molecule has 0 aliphatic heterocycles. The van der Waals surface area contributed by atoms with Gasteiger partial charge in [0.25, 0.3) is 0 Å². The average Bonchev–Trinajstić information content (AvgIpc) is 2.29. The highest BCUT2D eigenvalue weighted by Gasteiger charge is 2.04. The van der Waals surface area contributed by atoms with Crippen molar-refractivity contribution in [2.24, 2.45) is 5.92 Å². The largest absolute Gasteiger partial charge is 0.508 e. The van der Waals surface area contributed by atoms with Crippen LogP contribution in [0.2, 0.25) is 0 Å². The van der Waals surface area contributed by atoms with Gasteiger partial charge in [-0.1, -0.05) is 44.4 Å². The van der Waals surface area contributed by atoms with Crippen LogP contribution < -0.4 is 5.32 Å². The van der Waals surface area contributed by atoms with E-state index in [2.05, 4.69) is 19.2 Å². The van der Waals surface area contributed by atoms with Gasteiger partial charge >= 0.3 is 0 Å². The summed E-state index contributed by atoms with van der Waals surface area (Å²) in [5, 5.41) is 13.1. The molecule has 0 unspecified atom stereocenters. The van der Waals surface area contributed by atoms with Crippen LogP contribution in [0, 0.1) is 12.8 Å². The summed E-state index contributed by atoms with van der Waals surface area (Å²) in [6.45, 7) is 8.27. The van der Waals surface area contributed by atoms with Gasteiger partial charge in [0.2, 0.25) is 0 Å². The lowest BCUT2D eigenvalue weighted by Gasteiger charge is -2.14. The lowest BCUT2D eigenvalue weighted by molar-refractivity contribution is 0.437. The molecule has 2 nitrogen and oxygen atoms in total. The van der Waals surface area contributed by atoms with Crippen LogP contribution in [-0.2, 0) is 6.54 Å². The van der Waals surface area contributed by atoms with Crippen molar-refractivity contribution in [3.8, 4) is 5.75 Å². The molecule has 0 atom stereocenters. The first-order valence-corrected chi connectivity index (χ1v) is 6.16. The Morgan fingerprint density at radius 3 is 2.56 bits per heavy atom. The summed E-state index contributed by atoms with van der Waals surface area (Å²) in [5.41, 5.74) is 2.18. The SMILES string of the molecule is CCC(CC)CNCc1cc(C)ccc1O. The van der Waals surface area contributed by atoms with Gasteiger partial charge in [-0.3, -0.25) is 0 Å². The van der Waals surface area contributed by atoms with Crippen molar-refractivity contribution < 1.29 is 5.11 Å². The summed E-state index contributed by atoms with van der Waals surface area (Å²) < 4.78 is 0. The van der Waals surface area contributed by atoms with Crippen molar-refractivity contribution in [2.75, 3.05) is 6.54 Å². The van der Waals surface area contributed by atoms with E-state index in [1.54, 1.807) is 6.07 Å². The number of phenolic OH excluding ortho intramolecular Hbond substituents is 1. The molecular formula is C14H23NO. The Morgan fingerprint density at radius 1 is 1.25 bits per heavy atom. The van der Waals surface area contributed by atoms with Crippen molar-refractivity contribution in [1.29, 1.82) is 0 Å². The number of hydrogen-bond acceptors (Lipinski definition) is 2. The van der Waals surface area contributed by atoms with Gasteiger partial charge in [0, 0.05) is 12.1 Å². The van der Waals surface area contributed by atoms with Gasteiger partial charge in [0.05, 0.1) is 0 Å². The minimum Gasteiger partial charge on any atom is -0.508 e. The number of rotatable bonds is 6. The summed E-state index contributed by atoms with van der Waals surface area (Å²) in [7, 11) is 0. The first kappa shape index (κ1) is 13.0. The normalized spacial score (nSPS) is 11.0. The summed E-state index contributed by atoms with van der Waals surface area (Å²) in [6, 6.07) is 5.73. The Hall–Kier alpha value is -1.02. The van der Waals surface area contributed by atoms with E-state index in [9.17, 15) is 5.11 Å². The van der Waals surface area contributed by atoms with Crippen molar-refractivity contribution in [2.45, 2.75) is 40.2 Å². The third-order valence-electron chi connectivity index (χ3n) is 3.14. The lowest BCUT2D eigenvalue weighted by Crippen LogP contribution is -2.21. The summed E-state index contributed by atoms with van der Waals surface area (Å²) in [5.74, 6) is 1.13. The number of aromatic hydroxyl groups is 1. The van der Waals surface area contributed by atoms with Gasteiger partial charge in [0.15, 0.2) is 0 Å². The molecule has 0 amide bonds. The molecule has 0 saturated heterocycles. The second-order valence-corrected chi connectivity index (χ2v) is 4.45. The zero-order valence-corrected chi connectivity index (χ0v) is 10.6. The first-order valence-electron chi connectivity index (χ1n) is 6.16. The van der Waals surface area contributed by atoms with E-state index >= 15 is 0 Å². The van der Waals surface area contributed by atoms with Crippen LogP contribution in [0.1, 0.15) is 37.8 Å². The number of aryl methyl sites for hydroxylation is 1. The highest BCUT2D eigenvalue weighted by Crippen LogP contribution is 2.18. The van der Waals surface area contributed by atoms with Crippen molar-refractivity contribution in [1.82, 2.24) is 5.32 Å². The van der Waals surface area contributed by atoms with Crippen LogP contribution in [0.25, 0.3) is 0 Å². The van der Waals surface area contributed by atoms with Crippen molar-refractivity contribution in [3.05, 3.63) is 29.3 Å². The van der Waals surface area contributed by atoms with E-state index in [-0.39, 0.29) is 0 Å². The fourth-order valence-electron chi connectivity index (χ4n) is 1.84. The molecule has 0 aliphatic rings. The molecule has 2 N–H and O–H groups in total. The summed E-state index contributed by atoms with van der Waals surface area (Å²) in [6.07, 6.45) is 2.42. The third kappa shape index (κ3) is 3.86. The molecule has 1 aromatic carbocycles. The quantitative estimate of drug-likeness (QED) is 0.773. The van der Waals surface area contributed by atoms with Crippen LogP contribution >= 0.6 is 0 Å². The Kier molecular flexibility index (Phi) is 5.33. The Bertz CT molecular complexity index is 319. The highest BCUT2D eigenvalue weighted by atomic mass is 16.3. The molecule has 0 aromatic heterocycles. The fraction of sp³-hybridized carbons (Fsp3) is 0.571. The molecule has 90 valence electrons. The molecule has 0 bridgehead atoms. The Labute approximate surface area is 98.7 Å². The average molecular weight is 221 g/mol. The van der Waals surface area contributed by atoms with E-state index < -0.39 is 0 Å². The Balaban J connectivity index is 2.45. The predicted octanol–water partition coefficient (Wildman–Crippen LogP) is 3.23. The summed E-state index contributed by atoms with van der Waals surface area (Å²) in [4.78, 5) is 0. The Morgan fingerprint density at radius 2 is 1.94 bits per heavy atom. The minimum absolute atomic E-state index is 0.391. The van der Waals surface area contributed by atoms with Crippen LogP contribution in [0.4, 0.5) is 0 Å². The predicted molar refractivity (Wildman–Crippen MR) is 68.6 cm³/mol. The molecule has 0 heterocycles. The van der Waals surface area contributed by atoms with E-state index in [0.717, 1.165) is 24.6 Å². The topological polar surface area (TPSA) is 32.3 Å². The first-order chi connectivity index (χ1) is 7.67. The highest BCUT2D eigenvalue weighted by molar-refractivity contribution is 5.35. The molecule has 0 aliphatic carbocycles. The molecule has 0 fully saturated rings. The number of phenols is 1. The van der Waals surface area contributed by atoms with Crippen molar-refractivity contribution in [3.63, 3.8) is 0 Å². The lowest BCUT2D eigenvalue weighted by atomic mass is 10.0. The van der Waals surface area contributed by atoms with Crippen LogP contribution in [0.5, 0.6) is 5.75 Å². The van der Waals surface area contributed by atoms with E-state index in [1.165, 1.54) is 18.4 Å². The molecule has 1 aromatic rings. The van der Waals surface area contributed by atoms with Gasteiger partial charge in [-0.2, -0.15) is 0 Å². The molecular weight excluding hydrogens is 198 g/mol. The maximum atomic E-state index is 9.67. The van der Waals surface area contributed by atoms with E-state index in [0.29, 0.717) is 5.75 Å². The van der Waals surface area contributed by atoms with Crippen LogP contribution in [0.15, 0.2) is 18.2 Å². The van der Waals surface area contributed by atoms with Gasteiger partial charge in [-0.15, -0.1) is 0 Å². The minimum atomic E-state index is 0.391. The zero-order valence-electron chi connectivity index (χ0n) is 10.6. The van der Waals surface area contributed by atoms with Crippen LogP contribution in [0.3, 0.4) is 0 Å². The van der Waals surface area contributed by atoms with E-state index in [1.807, 2.05) is 19.1 Å². The summed E-state index contributed by atoms with van der Waals surface area (Å²) >= 11 is 0. The fourth-order valence-corrected chi connectivity index (χ4v) is 1.84. The molecule has 0 saturated carbocycles. The molecule has 16 heavy (non-hydrogen) atoms. The van der Waals surface area contributed by atoms with E-state index in [4.69, 9.17) is 0 Å². The zero-order chi connectivity index (χ0) is 12.0. The number of nitrogens with one attached hydrogen (secondary N) is 1. The maximum Gasteiger partial charge on any atom is 0.120 e. The third-order valence-corrected chi connectivity index (χ3v) is 3.14. The molecule has 1 rings (SSSR count).